The van der Waals surface area contributed by atoms with E-state index >= 15 is 0 Å². The van der Waals surface area contributed by atoms with Gasteiger partial charge in [0, 0.05) is 18.4 Å². The topological polar surface area (TPSA) is 114 Å². The van der Waals surface area contributed by atoms with Crippen LogP contribution in [0.4, 0.5) is 5.82 Å². The van der Waals surface area contributed by atoms with Gasteiger partial charge in [0.15, 0.2) is 0 Å². The van der Waals surface area contributed by atoms with Crippen molar-refractivity contribution in [2.24, 2.45) is 0 Å². The summed E-state index contributed by atoms with van der Waals surface area (Å²) in [5, 5.41) is 6.62. The number of aromatic nitrogens is 5. The van der Waals surface area contributed by atoms with Crippen LogP contribution in [0.25, 0.3) is 11.0 Å². The lowest BCUT2D eigenvalue weighted by Gasteiger charge is -2.24. The van der Waals surface area contributed by atoms with Crippen LogP contribution >= 0.6 is 0 Å². The summed E-state index contributed by atoms with van der Waals surface area (Å²) >= 11 is 0. The Hall–Kier alpha value is -3.81. The van der Waals surface area contributed by atoms with Crippen molar-refractivity contribution in [3.8, 4) is 0 Å². The van der Waals surface area contributed by atoms with E-state index in [1.165, 1.54) is 6.20 Å². The Morgan fingerprint density at radius 2 is 1.77 bits per heavy atom. The van der Waals surface area contributed by atoms with Crippen LogP contribution < -0.4 is 5.73 Å². The number of hydrogen-bond acceptors (Lipinski definition) is 6. The number of rotatable bonds is 5. The number of carbonyl (C=O) groups is 1. The molecule has 8 nitrogen and oxygen atoms in total. The second-order valence-electron chi connectivity index (χ2n) is 7.32. The number of fused-ring (bicyclic) bond motifs is 1. The zero-order valence-electron chi connectivity index (χ0n) is 17.2. The van der Waals surface area contributed by atoms with E-state index < -0.39 is 0 Å². The molecule has 0 unspecified atom stereocenters. The van der Waals surface area contributed by atoms with E-state index in [1.807, 2.05) is 51.1 Å². The number of aryl methyl sites for hydroxylation is 3. The van der Waals surface area contributed by atoms with Crippen LogP contribution in [0.1, 0.15) is 38.6 Å². The van der Waals surface area contributed by atoms with Crippen molar-refractivity contribution in [2.45, 2.75) is 33.9 Å². The molecule has 4 rings (SSSR count). The smallest absolute Gasteiger partial charge is 0.257 e. The number of anilines is 1. The largest absolute Gasteiger partial charge is 0.384 e. The van der Waals surface area contributed by atoms with Gasteiger partial charge in [0.2, 0.25) is 0 Å². The van der Waals surface area contributed by atoms with E-state index in [1.54, 1.807) is 11.1 Å². The summed E-state index contributed by atoms with van der Waals surface area (Å²) in [5.41, 5.74) is 12.3. The molecule has 152 valence electrons. The maximum absolute atomic E-state index is 13.3. The van der Waals surface area contributed by atoms with E-state index in [4.69, 9.17) is 10.7 Å². The molecule has 1 amide bonds. The molecule has 0 aliphatic carbocycles. The van der Waals surface area contributed by atoms with Crippen LogP contribution in [0.3, 0.4) is 0 Å². The average Bonchev–Trinajstić information content (AvgIpc) is 3.24. The molecule has 8 heteroatoms. The van der Waals surface area contributed by atoms with Gasteiger partial charge in [0.1, 0.15) is 5.82 Å². The molecule has 0 atom stereocenters. The van der Waals surface area contributed by atoms with Crippen molar-refractivity contribution in [2.75, 3.05) is 5.73 Å². The third-order valence-corrected chi connectivity index (χ3v) is 5.14. The number of nitrogen functional groups attached to an aromatic ring is 1. The lowest BCUT2D eigenvalue weighted by molar-refractivity contribution is 0.0727. The minimum atomic E-state index is -0.145. The van der Waals surface area contributed by atoms with Gasteiger partial charge in [-0.05, 0) is 50.1 Å². The van der Waals surface area contributed by atoms with Gasteiger partial charge in [-0.3, -0.25) is 9.89 Å². The minimum Gasteiger partial charge on any atom is -0.384 e. The highest BCUT2D eigenvalue weighted by molar-refractivity contribution is 5.93. The van der Waals surface area contributed by atoms with Gasteiger partial charge in [-0.15, -0.1) is 0 Å². The highest BCUT2D eigenvalue weighted by Gasteiger charge is 2.21. The van der Waals surface area contributed by atoms with Crippen molar-refractivity contribution >= 4 is 22.8 Å². The summed E-state index contributed by atoms with van der Waals surface area (Å²) in [7, 11) is 0. The first-order chi connectivity index (χ1) is 14.4. The number of hydrogen-bond donors (Lipinski definition) is 2. The number of benzene rings is 1. The van der Waals surface area contributed by atoms with Crippen LogP contribution in [0, 0.1) is 20.8 Å². The van der Waals surface area contributed by atoms with E-state index in [9.17, 15) is 4.79 Å². The van der Waals surface area contributed by atoms with E-state index in [0.717, 1.165) is 39.2 Å². The Bertz CT molecular complexity index is 1190. The third-order valence-electron chi connectivity index (χ3n) is 5.14. The van der Waals surface area contributed by atoms with Crippen molar-refractivity contribution in [1.82, 2.24) is 30.0 Å². The number of amides is 1. The third kappa shape index (κ3) is 3.84. The maximum atomic E-state index is 13.3. The zero-order valence-corrected chi connectivity index (χ0v) is 17.2. The molecule has 0 saturated heterocycles. The first-order valence-corrected chi connectivity index (χ1v) is 9.65. The highest BCUT2D eigenvalue weighted by atomic mass is 16.2. The Labute approximate surface area is 174 Å². The Balaban J connectivity index is 1.73. The molecule has 4 aromatic rings. The van der Waals surface area contributed by atoms with E-state index in [0.29, 0.717) is 24.5 Å². The van der Waals surface area contributed by atoms with E-state index in [-0.39, 0.29) is 5.91 Å². The number of carbonyl (C=O) groups excluding carboxylic acids is 1. The first kappa shape index (κ1) is 19.5. The van der Waals surface area contributed by atoms with Crippen LogP contribution in [-0.4, -0.2) is 36.0 Å². The molecule has 0 spiro atoms. The van der Waals surface area contributed by atoms with Gasteiger partial charge >= 0.3 is 0 Å². The second kappa shape index (κ2) is 7.90. The molecular formula is C22H23N7O. The molecule has 0 aliphatic rings. The normalized spacial score (nSPS) is 11.0. The van der Waals surface area contributed by atoms with Crippen LogP contribution in [0.15, 0.2) is 42.7 Å². The fraction of sp³-hybridized carbons (Fsp3) is 0.227. The molecule has 0 fully saturated rings. The Morgan fingerprint density at radius 1 is 1.03 bits per heavy atom. The van der Waals surface area contributed by atoms with Gasteiger partial charge in [-0.1, -0.05) is 12.1 Å². The Kier molecular flexibility index (Phi) is 5.14. The van der Waals surface area contributed by atoms with Crippen molar-refractivity contribution < 1.29 is 4.79 Å². The predicted octanol–water partition coefficient (Wildman–Crippen LogP) is 3.10. The Morgan fingerprint density at radius 3 is 2.43 bits per heavy atom. The molecule has 3 N–H and O–H groups in total. The quantitative estimate of drug-likeness (QED) is 0.531. The number of H-pyrrole nitrogens is 1. The summed E-state index contributed by atoms with van der Waals surface area (Å²) in [6.45, 7) is 6.48. The second-order valence-corrected chi connectivity index (χ2v) is 7.32. The number of nitrogens with two attached hydrogens (primary N) is 1. The lowest BCUT2D eigenvalue weighted by Crippen LogP contribution is -2.31. The number of aromatic amines is 1. The standard InChI is InChI=1S/C22H23N7O/c1-13-8-21(23)27-14(2)17(13)11-29(22(30)16-9-24-25-10-16)12-20-15(3)26-18-6-4-5-7-19(18)28-20/h4-10H,11-12H2,1-3H3,(H2,23,27)(H,24,25). The summed E-state index contributed by atoms with van der Waals surface area (Å²) in [6.07, 6.45) is 3.12. The fourth-order valence-electron chi connectivity index (χ4n) is 3.52. The summed E-state index contributed by atoms with van der Waals surface area (Å²) in [4.78, 5) is 28.8. The first-order valence-electron chi connectivity index (χ1n) is 9.65. The monoisotopic (exact) mass is 401 g/mol. The van der Waals surface area contributed by atoms with Gasteiger partial charge in [0.05, 0.1) is 40.7 Å². The maximum Gasteiger partial charge on any atom is 0.257 e. The molecule has 30 heavy (non-hydrogen) atoms. The van der Waals surface area contributed by atoms with Crippen LogP contribution in [0.5, 0.6) is 0 Å². The van der Waals surface area contributed by atoms with Gasteiger partial charge in [-0.25, -0.2) is 15.0 Å². The number of para-hydroxylation sites is 2. The molecule has 3 aromatic heterocycles. The summed E-state index contributed by atoms with van der Waals surface area (Å²) < 4.78 is 0. The van der Waals surface area contributed by atoms with Crippen LogP contribution in [0.2, 0.25) is 0 Å². The van der Waals surface area contributed by atoms with E-state index in [2.05, 4.69) is 20.2 Å². The number of pyridine rings is 1. The SMILES string of the molecule is Cc1cc(N)nc(C)c1CN(Cc1nc2ccccc2nc1C)C(=O)c1cn[nH]c1. The van der Waals surface area contributed by atoms with Crippen molar-refractivity contribution in [1.29, 1.82) is 0 Å². The summed E-state index contributed by atoms with van der Waals surface area (Å²) in [6, 6.07) is 9.54. The van der Waals surface area contributed by atoms with Gasteiger partial charge in [0.25, 0.3) is 5.91 Å². The molecule has 0 aliphatic heterocycles. The molecule has 0 bridgehead atoms. The van der Waals surface area contributed by atoms with Crippen molar-refractivity contribution in [3.63, 3.8) is 0 Å². The fourth-order valence-corrected chi connectivity index (χ4v) is 3.52. The summed E-state index contributed by atoms with van der Waals surface area (Å²) in [5.74, 6) is 0.325. The highest BCUT2D eigenvalue weighted by Crippen LogP contribution is 2.21. The zero-order chi connectivity index (χ0) is 21.3. The lowest BCUT2D eigenvalue weighted by atomic mass is 10.1. The average molecular weight is 401 g/mol. The molecule has 0 saturated carbocycles. The van der Waals surface area contributed by atoms with Gasteiger partial charge in [-0.2, -0.15) is 5.10 Å². The van der Waals surface area contributed by atoms with Crippen molar-refractivity contribution in [3.05, 3.63) is 76.5 Å². The van der Waals surface area contributed by atoms with Gasteiger partial charge < -0.3 is 10.6 Å². The molecule has 3 heterocycles. The minimum absolute atomic E-state index is 0.145. The molecule has 0 radical (unpaired) electrons. The number of nitrogens with zero attached hydrogens (tertiary/aromatic N) is 5. The molecule has 1 aromatic carbocycles. The molecular weight excluding hydrogens is 378 g/mol. The predicted molar refractivity (Wildman–Crippen MR) is 115 cm³/mol. The number of nitrogens with one attached hydrogen (secondary N) is 1. The van der Waals surface area contributed by atoms with Crippen LogP contribution in [-0.2, 0) is 13.1 Å².